The number of halogens is 1. The highest BCUT2D eigenvalue weighted by Gasteiger charge is 2.21. The van der Waals surface area contributed by atoms with Crippen LogP contribution in [-0.4, -0.2) is 13.1 Å². The van der Waals surface area contributed by atoms with Crippen molar-refractivity contribution in [3.05, 3.63) is 14.7 Å². The second kappa shape index (κ2) is 7.16. The molecular weight excluding hydrogens is 300 g/mol. The minimum atomic E-state index is -4.94. The number of nitriles is 1. The van der Waals surface area contributed by atoms with E-state index in [2.05, 4.69) is 21.4 Å². The van der Waals surface area contributed by atoms with Gasteiger partial charge in [-0.1, -0.05) is 22.7 Å². The zero-order chi connectivity index (χ0) is 13.6. The van der Waals surface area contributed by atoms with Gasteiger partial charge < -0.3 is 0 Å². The van der Waals surface area contributed by atoms with Crippen molar-refractivity contribution in [3.63, 3.8) is 0 Å². The predicted molar refractivity (Wildman–Crippen MR) is 55.5 cm³/mol. The lowest BCUT2D eigenvalue weighted by molar-refractivity contribution is -2.00. The van der Waals surface area contributed by atoms with E-state index in [0.717, 1.165) is 25.9 Å². The van der Waals surface area contributed by atoms with E-state index < -0.39 is 10.2 Å². The molecule has 0 N–H and O–H groups in total. The van der Waals surface area contributed by atoms with E-state index in [4.69, 9.17) is 23.9 Å². The van der Waals surface area contributed by atoms with Crippen LogP contribution in [0.5, 0.6) is 0 Å². The molecule has 1 saturated heterocycles. The summed E-state index contributed by atoms with van der Waals surface area (Å²) in [6, 6.07) is 2.35. The third-order valence-electron chi connectivity index (χ3n) is 2.33. The molecule has 0 radical (unpaired) electrons. The predicted octanol–water partition coefficient (Wildman–Crippen LogP) is -3.24. The van der Waals surface area contributed by atoms with Gasteiger partial charge in [-0.15, -0.1) is 10.2 Å². The topological polar surface area (TPSA) is 119 Å². The van der Waals surface area contributed by atoms with Crippen molar-refractivity contribution in [1.29, 1.82) is 5.26 Å². The standard InChI is InChI=1S/C9H11N2S2.ClHO4/c10-7-8-1-3-11(4-2-8)9-12-5-6-13-9;2-1(3,4)5/h5-6,8H,1-4H2;(H,2,3,4,5)/q+1;/p-1. The first-order chi connectivity index (χ1) is 8.40. The van der Waals surface area contributed by atoms with Crippen LogP contribution in [0.25, 0.3) is 0 Å². The van der Waals surface area contributed by atoms with Crippen LogP contribution < -0.4 is 27.2 Å². The summed E-state index contributed by atoms with van der Waals surface area (Å²) in [6.45, 7) is 2.10. The van der Waals surface area contributed by atoms with Crippen molar-refractivity contribution in [2.45, 2.75) is 12.8 Å². The Bertz CT molecular complexity index is 441. The van der Waals surface area contributed by atoms with Gasteiger partial charge in [0.15, 0.2) is 0 Å². The lowest BCUT2D eigenvalue weighted by atomic mass is 10.00. The van der Waals surface area contributed by atoms with Crippen molar-refractivity contribution < 1.29 is 28.9 Å². The van der Waals surface area contributed by atoms with Crippen LogP contribution in [0.15, 0.2) is 10.8 Å². The van der Waals surface area contributed by atoms with Gasteiger partial charge in [-0.25, -0.2) is 23.2 Å². The fraction of sp³-hybridized carbons (Fsp3) is 0.556. The molecule has 0 amide bonds. The van der Waals surface area contributed by atoms with Crippen LogP contribution >= 0.6 is 22.7 Å². The third-order valence-corrected chi connectivity index (χ3v) is 4.54. The molecule has 2 heterocycles. The van der Waals surface area contributed by atoms with E-state index in [-0.39, 0.29) is 0 Å². The van der Waals surface area contributed by atoms with Gasteiger partial charge >= 0.3 is 3.98 Å². The largest absolute Gasteiger partial charge is 0.313 e. The summed E-state index contributed by atoms with van der Waals surface area (Å²) in [6.07, 6.45) is 2.06. The van der Waals surface area contributed by atoms with E-state index in [1.54, 1.807) is 22.7 Å². The Labute approximate surface area is 114 Å². The smallest absolute Gasteiger partial charge is 0.222 e. The Morgan fingerprint density at radius 3 is 2.00 bits per heavy atom. The molecule has 0 bridgehead atoms. The van der Waals surface area contributed by atoms with E-state index in [1.807, 2.05) is 0 Å². The molecule has 0 atom stereocenters. The van der Waals surface area contributed by atoms with Crippen molar-refractivity contribution in [2.24, 2.45) is 5.92 Å². The number of nitrogens with zero attached hydrogens (tertiary/aromatic N) is 2. The molecule has 1 aliphatic heterocycles. The minimum Gasteiger partial charge on any atom is -0.222 e. The monoisotopic (exact) mass is 310 g/mol. The molecule has 1 fully saturated rings. The van der Waals surface area contributed by atoms with Gasteiger partial charge in [0.25, 0.3) is 0 Å². The van der Waals surface area contributed by atoms with E-state index >= 15 is 0 Å². The highest BCUT2D eigenvalue weighted by atomic mass is 35.7. The van der Waals surface area contributed by atoms with Crippen LogP contribution in [0.3, 0.4) is 0 Å². The van der Waals surface area contributed by atoms with E-state index in [1.165, 1.54) is 3.98 Å². The number of hydrogen-bond acceptors (Lipinski definition) is 7. The first-order valence-corrected chi connectivity index (χ1v) is 8.01. The molecule has 0 aromatic carbocycles. The summed E-state index contributed by atoms with van der Waals surface area (Å²) in [7, 11) is -4.94. The molecule has 2 rings (SSSR count). The fourth-order valence-electron chi connectivity index (χ4n) is 1.54. The Kier molecular flexibility index (Phi) is 6.17. The molecule has 100 valence electrons. The minimum absolute atomic E-state index is 0.293. The molecule has 1 aliphatic rings. The molecule has 6 nitrogen and oxygen atoms in total. The SMILES string of the molecule is N#CC1CC[N+](=c2sccs2)CC1.[O-][Cl+3]([O-])([O-])[O-]. The van der Waals surface area contributed by atoms with E-state index in [0.29, 0.717) is 5.92 Å². The molecule has 1 aromatic rings. The number of piperidine rings is 1. The Hall–Kier alpha value is -0.530. The maximum absolute atomic E-state index is 8.74. The Morgan fingerprint density at radius 2 is 1.61 bits per heavy atom. The lowest BCUT2D eigenvalue weighted by Crippen LogP contribution is -2.68. The van der Waals surface area contributed by atoms with Gasteiger partial charge in [-0.3, -0.25) is 0 Å². The first-order valence-electron chi connectivity index (χ1n) is 5.02. The zero-order valence-electron chi connectivity index (χ0n) is 9.28. The zero-order valence-corrected chi connectivity index (χ0v) is 11.7. The van der Waals surface area contributed by atoms with Crippen molar-refractivity contribution in [3.8, 4) is 6.07 Å². The van der Waals surface area contributed by atoms with Crippen molar-refractivity contribution in [2.75, 3.05) is 13.1 Å². The molecule has 0 unspecified atom stereocenters. The molecule has 0 aliphatic carbocycles. The molecule has 0 saturated carbocycles. The summed E-state index contributed by atoms with van der Waals surface area (Å²) in [4.78, 5) is 0. The lowest BCUT2D eigenvalue weighted by Gasteiger charge is -2.17. The van der Waals surface area contributed by atoms with Crippen LogP contribution in [-0.2, 0) is 0 Å². The second-order valence-corrected chi connectivity index (χ2v) is 6.35. The average molecular weight is 311 g/mol. The molecule has 1 aromatic heterocycles. The summed E-state index contributed by atoms with van der Waals surface area (Å²) in [5.41, 5.74) is 0. The summed E-state index contributed by atoms with van der Waals surface area (Å²) in [5.74, 6) is 0.293. The second-order valence-electron chi connectivity index (χ2n) is 3.54. The Morgan fingerprint density at radius 1 is 1.17 bits per heavy atom. The molecular formula is C9H11ClN2O4S2. The maximum atomic E-state index is 8.74. The molecule has 9 heteroatoms. The van der Waals surface area contributed by atoms with Crippen LogP contribution in [0, 0.1) is 27.5 Å². The van der Waals surface area contributed by atoms with Gasteiger partial charge in [0.1, 0.15) is 13.1 Å². The summed E-state index contributed by atoms with van der Waals surface area (Å²) in [5, 5.41) is 13.0. The average Bonchev–Trinajstić information content (AvgIpc) is 2.80. The highest BCUT2D eigenvalue weighted by Crippen LogP contribution is 2.11. The highest BCUT2D eigenvalue weighted by molar-refractivity contribution is 7.24. The van der Waals surface area contributed by atoms with Gasteiger partial charge in [0.05, 0.1) is 12.0 Å². The first kappa shape index (κ1) is 15.5. The van der Waals surface area contributed by atoms with Crippen molar-refractivity contribution >= 4 is 22.7 Å². The van der Waals surface area contributed by atoms with Gasteiger partial charge in [-0.2, -0.15) is 5.26 Å². The maximum Gasteiger partial charge on any atom is 0.313 e. The van der Waals surface area contributed by atoms with Crippen LogP contribution in [0.1, 0.15) is 12.8 Å². The van der Waals surface area contributed by atoms with E-state index in [9.17, 15) is 0 Å². The van der Waals surface area contributed by atoms with Gasteiger partial charge in [0.2, 0.25) is 0 Å². The fourth-order valence-corrected chi connectivity index (χ4v) is 3.44. The normalized spacial score (nSPS) is 19.7. The quantitative estimate of drug-likeness (QED) is 0.466. The van der Waals surface area contributed by atoms with Gasteiger partial charge in [-0.05, 0) is 0 Å². The van der Waals surface area contributed by atoms with Gasteiger partial charge in [0, 0.05) is 23.6 Å². The Balaban J connectivity index is 0.000000280. The molecule has 18 heavy (non-hydrogen) atoms. The summed E-state index contributed by atoms with van der Waals surface area (Å²) < 4.78 is 37.7. The van der Waals surface area contributed by atoms with Crippen LogP contribution in [0.4, 0.5) is 0 Å². The third kappa shape index (κ3) is 6.42. The number of rotatable bonds is 0. The number of hydrogen-bond donors (Lipinski definition) is 0. The summed E-state index contributed by atoms with van der Waals surface area (Å²) >= 11 is 3.60. The van der Waals surface area contributed by atoms with Crippen LogP contribution in [0.2, 0.25) is 0 Å². The molecule has 0 spiro atoms. The van der Waals surface area contributed by atoms with Crippen molar-refractivity contribution in [1.82, 2.24) is 4.58 Å².